The van der Waals surface area contributed by atoms with Gasteiger partial charge in [-0.3, -0.25) is 9.59 Å². The third kappa shape index (κ3) is 2.11. The fourth-order valence-electron chi connectivity index (χ4n) is 3.90. The molecule has 18 heavy (non-hydrogen) atoms. The van der Waals surface area contributed by atoms with E-state index in [0.29, 0.717) is 6.42 Å². The Labute approximate surface area is 105 Å². The average Bonchev–Trinajstić information content (AvgIpc) is 2.73. The molecule has 0 N–H and O–H groups in total. The van der Waals surface area contributed by atoms with Gasteiger partial charge in [0.05, 0.1) is 5.92 Å². The Bertz CT molecular complexity index is 380. The van der Waals surface area contributed by atoms with E-state index >= 15 is 0 Å². The lowest BCUT2D eigenvalue weighted by Crippen LogP contribution is -2.33. The van der Waals surface area contributed by atoms with Crippen molar-refractivity contribution in [2.24, 2.45) is 23.7 Å². The highest BCUT2D eigenvalue weighted by Gasteiger charge is 2.54. The van der Waals surface area contributed by atoms with Crippen LogP contribution in [0.2, 0.25) is 0 Å². The van der Waals surface area contributed by atoms with Crippen LogP contribution < -0.4 is 0 Å². The van der Waals surface area contributed by atoms with Crippen LogP contribution in [0.25, 0.3) is 0 Å². The van der Waals surface area contributed by atoms with Gasteiger partial charge in [0, 0.05) is 0 Å². The predicted octanol–water partition coefficient (Wildman–Crippen LogP) is 1.40. The molecule has 0 heterocycles. The van der Waals surface area contributed by atoms with Crippen LogP contribution in [0.4, 0.5) is 0 Å². The maximum atomic E-state index is 11.6. The molecule has 0 aromatic rings. The number of carbonyl (C=O) groups is 2. The number of carbonyl (C=O) groups excluding carboxylic acids is 2. The van der Waals surface area contributed by atoms with Gasteiger partial charge in [0.15, 0.2) is 0 Å². The quantitative estimate of drug-likeness (QED) is 0.421. The molecule has 2 fully saturated rings. The molecular weight excluding hydrogens is 238 g/mol. The summed E-state index contributed by atoms with van der Waals surface area (Å²) in [5, 5.41) is 9.66. The Morgan fingerprint density at radius 3 is 2.39 bits per heavy atom. The van der Waals surface area contributed by atoms with Gasteiger partial charge in [-0.25, -0.2) is 0 Å². The molecule has 0 aromatic carbocycles. The standard InChI is InChI=1S/C12H17NO5/c1-6(14)11(7(2)15)12-8-3-4-9(12)10(5-8)18-13(16)17/h8-12H,3-5H2,1-2H3/t8-,9+,10-,12-/m1/s1. The van der Waals surface area contributed by atoms with Crippen molar-refractivity contribution in [1.82, 2.24) is 0 Å². The van der Waals surface area contributed by atoms with E-state index in [1.807, 2.05) is 0 Å². The van der Waals surface area contributed by atoms with Gasteiger partial charge < -0.3 is 4.84 Å². The summed E-state index contributed by atoms with van der Waals surface area (Å²) in [4.78, 5) is 38.4. The molecule has 0 radical (unpaired) electrons. The number of fused-ring (bicyclic) bond motifs is 2. The minimum Gasteiger partial charge on any atom is -0.310 e. The van der Waals surface area contributed by atoms with Gasteiger partial charge in [-0.15, -0.1) is 10.1 Å². The number of ketones is 2. The Morgan fingerprint density at radius 2 is 1.89 bits per heavy atom. The molecule has 0 aliphatic heterocycles. The van der Waals surface area contributed by atoms with Crippen molar-refractivity contribution in [1.29, 1.82) is 0 Å². The number of nitrogens with zero attached hydrogens (tertiary/aromatic N) is 1. The molecular formula is C12H17NO5. The molecule has 100 valence electrons. The SMILES string of the molecule is CC(=O)C(C(C)=O)[C@@H]1[C@@H]2CC[C@H]1[C@H](O[N+](=O)[O-])C2. The Hall–Kier alpha value is -1.46. The number of rotatable bonds is 5. The lowest BCUT2D eigenvalue weighted by Gasteiger charge is -2.24. The van der Waals surface area contributed by atoms with E-state index in [2.05, 4.69) is 4.84 Å². The summed E-state index contributed by atoms with van der Waals surface area (Å²) < 4.78 is 0. The molecule has 0 saturated heterocycles. The first-order valence-electron chi connectivity index (χ1n) is 6.24. The second-order valence-corrected chi connectivity index (χ2v) is 5.38. The van der Waals surface area contributed by atoms with Crippen LogP contribution >= 0.6 is 0 Å². The molecule has 6 nitrogen and oxygen atoms in total. The van der Waals surface area contributed by atoms with Crippen molar-refractivity contribution in [3.63, 3.8) is 0 Å². The minimum absolute atomic E-state index is 0.0294. The lowest BCUT2D eigenvalue weighted by molar-refractivity contribution is -0.770. The summed E-state index contributed by atoms with van der Waals surface area (Å²) in [7, 11) is 0. The maximum absolute atomic E-state index is 11.6. The summed E-state index contributed by atoms with van der Waals surface area (Å²) >= 11 is 0. The van der Waals surface area contributed by atoms with Gasteiger partial charge in [-0.1, -0.05) is 0 Å². The molecule has 6 heteroatoms. The van der Waals surface area contributed by atoms with Gasteiger partial charge in [0.2, 0.25) is 0 Å². The maximum Gasteiger partial charge on any atom is 0.294 e. The van der Waals surface area contributed by atoms with Crippen molar-refractivity contribution in [3.05, 3.63) is 10.1 Å². The second kappa shape index (κ2) is 4.66. The van der Waals surface area contributed by atoms with Crippen LogP contribution in [-0.2, 0) is 14.4 Å². The number of Topliss-reactive ketones (excluding diaryl/α,β-unsaturated/α-hetero) is 2. The number of hydrogen-bond acceptors (Lipinski definition) is 5. The average molecular weight is 255 g/mol. The van der Waals surface area contributed by atoms with E-state index in [1.165, 1.54) is 13.8 Å². The number of hydrogen-bond donors (Lipinski definition) is 0. The van der Waals surface area contributed by atoms with Crippen molar-refractivity contribution >= 4 is 11.6 Å². The third-order valence-electron chi connectivity index (χ3n) is 4.40. The fourth-order valence-corrected chi connectivity index (χ4v) is 3.90. The van der Waals surface area contributed by atoms with Crippen LogP contribution in [0.3, 0.4) is 0 Å². The zero-order chi connectivity index (χ0) is 13.4. The Morgan fingerprint density at radius 1 is 1.28 bits per heavy atom. The molecule has 0 aromatic heterocycles. The molecule has 0 spiro atoms. The predicted molar refractivity (Wildman–Crippen MR) is 61.0 cm³/mol. The monoisotopic (exact) mass is 255 g/mol. The minimum atomic E-state index is -0.765. The molecule has 0 unspecified atom stereocenters. The largest absolute Gasteiger partial charge is 0.310 e. The summed E-state index contributed by atoms with van der Waals surface area (Å²) in [5.41, 5.74) is 0. The van der Waals surface area contributed by atoms with Crippen molar-refractivity contribution in [2.45, 2.75) is 39.2 Å². The van der Waals surface area contributed by atoms with E-state index in [1.54, 1.807) is 0 Å². The van der Waals surface area contributed by atoms with Gasteiger partial charge in [0.25, 0.3) is 5.09 Å². The molecule has 4 atom stereocenters. The topological polar surface area (TPSA) is 86.5 Å². The highest BCUT2D eigenvalue weighted by atomic mass is 17.0. The molecule has 2 bridgehead atoms. The summed E-state index contributed by atoms with van der Waals surface area (Å²) in [5.74, 6) is -0.763. The first-order chi connectivity index (χ1) is 8.41. The smallest absolute Gasteiger partial charge is 0.294 e. The second-order valence-electron chi connectivity index (χ2n) is 5.38. The first kappa shape index (κ1) is 13.0. The van der Waals surface area contributed by atoms with Crippen LogP contribution in [0.15, 0.2) is 0 Å². The summed E-state index contributed by atoms with van der Waals surface area (Å²) in [6, 6.07) is 0. The molecule has 2 rings (SSSR count). The highest BCUT2D eigenvalue weighted by Crippen LogP contribution is 2.53. The van der Waals surface area contributed by atoms with E-state index in [0.717, 1.165) is 12.8 Å². The molecule has 2 aliphatic rings. The zero-order valence-electron chi connectivity index (χ0n) is 10.5. The van der Waals surface area contributed by atoms with Crippen molar-refractivity contribution in [3.8, 4) is 0 Å². The van der Waals surface area contributed by atoms with Gasteiger partial charge in [-0.05, 0) is 50.9 Å². The molecule has 2 aliphatic carbocycles. The van der Waals surface area contributed by atoms with E-state index in [-0.39, 0.29) is 29.3 Å². The van der Waals surface area contributed by atoms with Crippen LogP contribution in [0.1, 0.15) is 33.1 Å². The van der Waals surface area contributed by atoms with Crippen LogP contribution in [-0.4, -0.2) is 22.8 Å². The van der Waals surface area contributed by atoms with Crippen LogP contribution in [0.5, 0.6) is 0 Å². The van der Waals surface area contributed by atoms with Crippen molar-refractivity contribution < 1.29 is 19.5 Å². The summed E-state index contributed by atoms with van der Waals surface area (Å²) in [6.07, 6.45) is 1.90. The van der Waals surface area contributed by atoms with Crippen molar-refractivity contribution in [2.75, 3.05) is 0 Å². The van der Waals surface area contributed by atoms with E-state index in [4.69, 9.17) is 0 Å². The van der Waals surface area contributed by atoms with Gasteiger partial charge in [-0.2, -0.15) is 0 Å². The highest BCUT2D eigenvalue weighted by molar-refractivity contribution is 6.00. The van der Waals surface area contributed by atoms with E-state index in [9.17, 15) is 19.7 Å². The lowest BCUT2D eigenvalue weighted by atomic mass is 9.79. The molecule has 2 saturated carbocycles. The zero-order valence-corrected chi connectivity index (χ0v) is 10.5. The normalized spacial score (nSPS) is 33.7. The first-order valence-corrected chi connectivity index (χ1v) is 6.24. The van der Waals surface area contributed by atoms with Crippen LogP contribution in [0, 0.1) is 33.8 Å². The third-order valence-corrected chi connectivity index (χ3v) is 4.40. The summed E-state index contributed by atoms with van der Waals surface area (Å²) in [6.45, 7) is 2.85. The Kier molecular flexibility index (Phi) is 3.36. The van der Waals surface area contributed by atoms with E-state index < -0.39 is 17.1 Å². The Balaban J connectivity index is 2.17. The van der Waals surface area contributed by atoms with Gasteiger partial charge in [0.1, 0.15) is 17.7 Å². The van der Waals surface area contributed by atoms with Gasteiger partial charge >= 0.3 is 0 Å². The molecule has 0 amide bonds. The fraction of sp³-hybridized carbons (Fsp3) is 0.833.